The number of fused-ring (bicyclic) bond motifs is 2. The van der Waals surface area contributed by atoms with Crippen LogP contribution in [0.1, 0.15) is 0 Å². The molecule has 5 rings (SSSR count). The molecule has 1 fully saturated rings. The minimum atomic E-state index is -0.960. The molecule has 0 aliphatic carbocycles. The third kappa shape index (κ3) is 2.75. The number of likely N-dealkylation sites (tertiary alicyclic amines) is 1. The largest absolute Gasteiger partial charge is 0.479 e. The summed E-state index contributed by atoms with van der Waals surface area (Å²) in [5, 5.41) is 11.9. The molecule has 1 aliphatic heterocycles. The molecule has 1 saturated heterocycles. The van der Waals surface area contributed by atoms with Gasteiger partial charge in [-0.2, -0.15) is 10.1 Å². The van der Waals surface area contributed by atoms with Crippen LogP contribution in [0.3, 0.4) is 0 Å². The summed E-state index contributed by atoms with van der Waals surface area (Å²) in [5.74, 6) is 0.785. The lowest BCUT2D eigenvalue weighted by Gasteiger charge is -2.15. The molecule has 0 amide bonds. The smallest absolute Gasteiger partial charge is 0.244 e. The summed E-state index contributed by atoms with van der Waals surface area (Å²) in [5.41, 5.74) is 3.72. The van der Waals surface area contributed by atoms with E-state index in [4.69, 9.17) is 4.74 Å². The molecule has 144 valence electrons. The van der Waals surface area contributed by atoms with Crippen LogP contribution in [-0.4, -0.2) is 68.6 Å². The fraction of sp³-hybridized carbons (Fsp3) is 0.316. The Hall–Kier alpha value is -3.20. The number of hydrogen-bond acceptors (Lipinski definition) is 6. The highest BCUT2D eigenvalue weighted by atomic mass is 19.1. The summed E-state index contributed by atoms with van der Waals surface area (Å²) in [6.07, 6.45) is 4.57. The van der Waals surface area contributed by atoms with E-state index in [-0.39, 0.29) is 6.04 Å². The van der Waals surface area contributed by atoms with Crippen LogP contribution in [0.15, 0.2) is 42.9 Å². The number of aromatic nitrogens is 5. The first kappa shape index (κ1) is 16.9. The molecule has 0 unspecified atom stereocenters. The number of anilines is 1. The van der Waals surface area contributed by atoms with Crippen LogP contribution < -0.4 is 10.1 Å². The highest BCUT2D eigenvalue weighted by molar-refractivity contribution is 5.85. The molecule has 0 bridgehead atoms. The molecule has 1 N–H and O–H groups in total. The van der Waals surface area contributed by atoms with Crippen molar-refractivity contribution in [3.05, 3.63) is 42.9 Å². The van der Waals surface area contributed by atoms with Crippen molar-refractivity contribution < 1.29 is 9.13 Å². The van der Waals surface area contributed by atoms with E-state index in [0.29, 0.717) is 24.9 Å². The third-order valence-electron chi connectivity index (χ3n) is 5.13. The SMILES string of the molecule is COc1nc(N[C@H]2CN(C)C[C@H]2F)nn2ccc(-c3ccn4nccc4c3)c12. The van der Waals surface area contributed by atoms with Crippen molar-refractivity contribution >= 4 is 17.0 Å². The molecule has 5 heterocycles. The van der Waals surface area contributed by atoms with Crippen LogP contribution >= 0.6 is 0 Å². The van der Waals surface area contributed by atoms with Crippen LogP contribution in [0.25, 0.3) is 22.2 Å². The van der Waals surface area contributed by atoms with E-state index in [2.05, 4.69) is 26.6 Å². The van der Waals surface area contributed by atoms with Gasteiger partial charge in [0, 0.05) is 37.2 Å². The predicted molar refractivity (Wildman–Crippen MR) is 104 cm³/mol. The minimum Gasteiger partial charge on any atom is -0.479 e. The Balaban J connectivity index is 1.55. The number of hydrogen-bond donors (Lipinski definition) is 1. The number of methoxy groups -OCH3 is 1. The quantitative estimate of drug-likeness (QED) is 0.584. The molecule has 0 aromatic carbocycles. The molecule has 0 spiro atoms. The van der Waals surface area contributed by atoms with Crippen molar-refractivity contribution in [3.63, 3.8) is 0 Å². The molecule has 8 nitrogen and oxygen atoms in total. The van der Waals surface area contributed by atoms with E-state index in [0.717, 1.165) is 22.2 Å². The minimum absolute atomic E-state index is 0.341. The molecule has 9 heteroatoms. The van der Waals surface area contributed by atoms with Gasteiger partial charge in [0.2, 0.25) is 11.8 Å². The second kappa shape index (κ2) is 6.45. The van der Waals surface area contributed by atoms with Gasteiger partial charge in [0.15, 0.2) is 0 Å². The second-order valence-electron chi connectivity index (χ2n) is 7.07. The fourth-order valence-electron chi connectivity index (χ4n) is 3.77. The zero-order valence-corrected chi connectivity index (χ0v) is 15.6. The van der Waals surface area contributed by atoms with E-state index in [1.165, 1.54) is 0 Å². The van der Waals surface area contributed by atoms with Crippen LogP contribution in [0.2, 0.25) is 0 Å². The lowest BCUT2D eigenvalue weighted by molar-refractivity contribution is 0.313. The topological polar surface area (TPSA) is 72.0 Å². The first-order chi connectivity index (χ1) is 13.6. The first-order valence-corrected chi connectivity index (χ1v) is 9.08. The molecule has 4 aromatic heterocycles. The van der Waals surface area contributed by atoms with Crippen LogP contribution in [-0.2, 0) is 0 Å². The Kier molecular flexibility index (Phi) is 3.90. The number of likely N-dealkylation sites (N-methyl/N-ethyl adjacent to an activating group) is 1. The van der Waals surface area contributed by atoms with Gasteiger partial charge in [-0.25, -0.2) is 13.4 Å². The zero-order chi connectivity index (χ0) is 19.3. The maximum absolute atomic E-state index is 14.1. The third-order valence-corrected chi connectivity index (χ3v) is 5.13. The van der Waals surface area contributed by atoms with E-state index >= 15 is 0 Å². The summed E-state index contributed by atoms with van der Waals surface area (Å²) in [6, 6.07) is 7.62. The normalized spacial score (nSPS) is 20.2. The summed E-state index contributed by atoms with van der Waals surface area (Å²) in [6.45, 7) is 1.01. The van der Waals surface area contributed by atoms with Crippen molar-refractivity contribution in [3.8, 4) is 17.0 Å². The Labute approximate surface area is 160 Å². The Morgan fingerprint density at radius 1 is 1.18 bits per heavy atom. The highest BCUT2D eigenvalue weighted by Crippen LogP contribution is 2.32. The van der Waals surface area contributed by atoms with Crippen molar-refractivity contribution in [2.24, 2.45) is 0 Å². The number of pyridine rings is 1. The Morgan fingerprint density at radius 2 is 2.04 bits per heavy atom. The highest BCUT2D eigenvalue weighted by Gasteiger charge is 2.31. The molecule has 1 aliphatic rings. The molecular weight excluding hydrogens is 361 g/mol. The van der Waals surface area contributed by atoms with E-state index < -0.39 is 6.17 Å². The number of alkyl halides is 1. The van der Waals surface area contributed by atoms with Gasteiger partial charge in [0.05, 0.1) is 18.7 Å². The number of nitrogens with zero attached hydrogens (tertiary/aromatic N) is 6. The van der Waals surface area contributed by atoms with Crippen molar-refractivity contribution in [2.75, 3.05) is 32.6 Å². The lowest BCUT2D eigenvalue weighted by atomic mass is 10.1. The van der Waals surface area contributed by atoms with E-state index in [1.54, 1.807) is 17.8 Å². The number of ether oxygens (including phenoxy) is 1. The number of rotatable bonds is 4. The predicted octanol–water partition coefficient (Wildman–Crippen LogP) is 2.12. The molecule has 28 heavy (non-hydrogen) atoms. The van der Waals surface area contributed by atoms with Gasteiger partial charge < -0.3 is 15.0 Å². The van der Waals surface area contributed by atoms with Gasteiger partial charge in [-0.1, -0.05) is 0 Å². The van der Waals surface area contributed by atoms with Crippen molar-refractivity contribution in [1.82, 2.24) is 29.1 Å². The molecule has 0 saturated carbocycles. The summed E-state index contributed by atoms with van der Waals surface area (Å²) in [4.78, 5) is 6.43. The summed E-state index contributed by atoms with van der Waals surface area (Å²) >= 11 is 0. The van der Waals surface area contributed by atoms with Crippen molar-refractivity contribution in [1.29, 1.82) is 0 Å². The van der Waals surface area contributed by atoms with Crippen LogP contribution in [0.4, 0.5) is 10.3 Å². The average molecular weight is 381 g/mol. The fourth-order valence-corrected chi connectivity index (χ4v) is 3.77. The maximum Gasteiger partial charge on any atom is 0.244 e. The standard InChI is InChI=1S/C19H20FN7O/c1-25-10-15(20)16(11-25)22-19-23-18(28-2)17-14(5-8-27(17)24-19)12-4-7-26-13(9-12)3-6-21-26/h3-9,15-16H,10-11H2,1-2H3,(H,22,24)/t15-,16+/m1/s1. The van der Waals surface area contributed by atoms with Gasteiger partial charge in [-0.15, -0.1) is 5.10 Å². The van der Waals surface area contributed by atoms with Crippen LogP contribution in [0, 0.1) is 0 Å². The molecular formula is C19H20FN7O. The average Bonchev–Trinajstić information content (AvgIpc) is 3.39. The molecule has 2 atom stereocenters. The summed E-state index contributed by atoms with van der Waals surface area (Å²) in [7, 11) is 3.47. The van der Waals surface area contributed by atoms with E-state index in [9.17, 15) is 4.39 Å². The van der Waals surface area contributed by atoms with Gasteiger partial charge in [0.25, 0.3) is 0 Å². The van der Waals surface area contributed by atoms with E-state index in [1.807, 2.05) is 47.1 Å². The van der Waals surface area contributed by atoms with Gasteiger partial charge in [-0.05, 0) is 36.9 Å². The second-order valence-corrected chi connectivity index (χ2v) is 7.07. The zero-order valence-electron chi connectivity index (χ0n) is 15.6. The monoisotopic (exact) mass is 381 g/mol. The Morgan fingerprint density at radius 3 is 2.82 bits per heavy atom. The van der Waals surface area contributed by atoms with Crippen LogP contribution in [0.5, 0.6) is 5.88 Å². The molecule has 4 aromatic rings. The first-order valence-electron chi connectivity index (χ1n) is 9.08. The number of nitrogens with one attached hydrogen (secondary N) is 1. The summed E-state index contributed by atoms with van der Waals surface area (Å²) < 4.78 is 23.2. The maximum atomic E-state index is 14.1. The van der Waals surface area contributed by atoms with Gasteiger partial charge in [-0.3, -0.25) is 0 Å². The molecule has 0 radical (unpaired) electrons. The van der Waals surface area contributed by atoms with Crippen molar-refractivity contribution in [2.45, 2.75) is 12.2 Å². The van der Waals surface area contributed by atoms with Gasteiger partial charge >= 0.3 is 0 Å². The Bertz CT molecular complexity index is 1150. The van der Waals surface area contributed by atoms with Gasteiger partial charge in [0.1, 0.15) is 11.7 Å². The lowest BCUT2D eigenvalue weighted by Crippen LogP contribution is -2.30. The number of halogens is 1.